The molecular weight excluding hydrogens is 410 g/mol. The molecule has 0 unspecified atom stereocenters. The van der Waals surface area contributed by atoms with E-state index in [1.165, 1.54) is 4.31 Å². The van der Waals surface area contributed by atoms with Crippen molar-refractivity contribution in [1.82, 2.24) is 14.5 Å². The number of sulfonamides is 1. The number of hydrogen-bond acceptors (Lipinski definition) is 4. The lowest BCUT2D eigenvalue weighted by Crippen LogP contribution is -2.47. The molecule has 2 aromatic rings. The molecule has 1 amide bonds. The van der Waals surface area contributed by atoms with Gasteiger partial charge in [-0.3, -0.25) is 4.79 Å². The molecule has 0 radical (unpaired) electrons. The molecule has 0 spiro atoms. The quantitative estimate of drug-likeness (QED) is 0.725. The summed E-state index contributed by atoms with van der Waals surface area (Å²) in [5, 5.41) is 3.55. The number of halogens is 1. The van der Waals surface area contributed by atoms with Gasteiger partial charge in [0, 0.05) is 44.2 Å². The first kappa shape index (κ1) is 21.8. The molecule has 0 atom stereocenters. The maximum absolute atomic E-state index is 12.7. The highest BCUT2D eigenvalue weighted by Crippen LogP contribution is 2.18. The Morgan fingerprint density at radius 1 is 0.966 bits per heavy atom. The lowest BCUT2D eigenvalue weighted by Gasteiger charge is -2.31. The Kier molecular flexibility index (Phi) is 7.29. The number of piperazine rings is 1. The van der Waals surface area contributed by atoms with E-state index in [-0.39, 0.29) is 5.91 Å². The van der Waals surface area contributed by atoms with Crippen molar-refractivity contribution in [3.05, 3.63) is 64.7 Å². The summed E-state index contributed by atoms with van der Waals surface area (Å²) in [4.78, 5) is 14.5. The molecule has 8 heteroatoms. The summed E-state index contributed by atoms with van der Waals surface area (Å²) < 4.78 is 27.0. The molecule has 156 valence electrons. The fraction of sp³-hybridized carbons (Fsp3) is 0.381. The SMILES string of the molecule is CN1CCN(S(=O)(=O)c2ccc(CNC(=O)CCc3ccc(Cl)cc3)cc2)CC1. The first-order chi connectivity index (χ1) is 13.8. The van der Waals surface area contributed by atoms with Crippen molar-refractivity contribution >= 4 is 27.5 Å². The Bertz CT molecular complexity index is 923. The normalized spacial score (nSPS) is 15.9. The van der Waals surface area contributed by atoms with Gasteiger partial charge < -0.3 is 10.2 Å². The summed E-state index contributed by atoms with van der Waals surface area (Å²) in [6, 6.07) is 14.2. The highest BCUT2D eigenvalue weighted by atomic mass is 35.5. The Morgan fingerprint density at radius 2 is 1.55 bits per heavy atom. The first-order valence-corrected chi connectivity index (χ1v) is 11.5. The van der Waals surface area contributed by atoms with Crippen LogP contribution in [0.25, 0.3) is 0 Å². The molecule has 1 N–H and O–H groups in total. The van der Waals surface area contributed by atoms with Crippen molar-refractivity contribution in [3.8, 4) is 0 Å². The van der Waals surface area contributed by atoms with E-state index in [0.717, 1.165) is 24.2 Å². The van der Waals surface area contributed by atoms with E-state index in [4.69, 9.17) is 11.6 Å². The van der Waals surface area contributed by atoms with Crippen LogP contribution < -0.4 is 5.32 Å². The molecular formula is C21H26ClN3O3S. The van der Waals surface area contributed by atoms with Gasteiger partial charge in [0.25, 0.3) is 0 Å². The molecule has 1 heterocycles. The van der Waals surface area contributed by atoms with Crippen molar-refractivity contribution in [2.24, 2.45) is 0 Å². The van der Waals surface area contributed by atoms with Crippen LogP contribution in [-0.2, 0) is 27.8 Å². The minimum absolute atomic E-state index is 0.0471. The van der Waals surface area contributed by atoms with Crippen molar-refractivity contribution < 1.29 is 13.2 Å². The maximum Gasteiger partial charge on any atom is 0.243 e. The third-order valence-corrected chi connectivity index (χ3v) is 7.23. The van der Waals surface area contributed by atoms with Crippen LogP contribution in [0.1, 0.15) is 17.5 Å². The molecule has 29 heavy (non-hydrogen) atoms. The van der Waals surface area contributed by atoms with E-state index in [0.29, 0.717) is 42.4 Å². The van der Waals surface area contributed by atoms with E-state index in [1.54, 1.807) is 24.3 Å². The molecule has 1 aliphatic rings. The third kappa shape index (κ3) is 6.02. The molecule has 2 aromatic carbocycles. The van der Waals surface area contributed by atoms with Crippen LogP contribution in [0.2, 0.25) is 5.02 Å². The van der Waals surface area contributed by atoms with Crippen LogP contribution in [-0.4, -0.2) is 56.8 Å². The van der Waals surface area contributed by atoms with Gasteiger partial charge in [-0.1, -0.05) is 35.9 Å². The fourth-order valence-corrected chi connectivity index (χ4v) is 4.70. The summed E-state index contributed by atoms with van der Waals surface area (Å²) in [6.07, 6.45) is 1.03. The van der Waals surface area contributed by atoms with Gasteiger partial charge in [0.15, 0.2) is 0 Å². The summed E-state index contributed by atoms with van der Waals surface area (Å²) in [7, 11) is -1.48. The number of nitrogens with zero attached hydrogens (tertiary/aromatic N) is 2. The van der Waals surface area contributed by atoms with E-state index in [1.807, 2.05) is 31.3 Å². The number of aryl methyl sites for hydroxylation is 1. The molecule has 1 fully saturated rings. The third-order valence-electron chi connectivity index (χ3n) is 5.07. The number of rotatable bonds is 7. The minimum atomic E-state index is -3.47. The van der Waals surface area contributed by atoms with E-state index in [9.17, 15) is 13.2 Å². The molecule has 1 saturated heterocycles. The van der Waals surface area contributed by atoms with Crippen molar-refractivity contribution in [2.45, 2.75) is 24.3 Å². The Balaban J connectivity index is 1.49. The summed E-state index contributed by atoms with van der Waals surface area (Å²) in [5.74, 6) is -0.0471. The van der Waals surface area contributed by atoms with Crippen LogP contribution in [0, 0.1) is 0 Å². The molecule has 0 saturated carbocycles. The number of hydrogen-bond donors (Lipinski definition) is 1. The smallest absolute Gasteiger partial charge is 0.243 e. The second-order valence-corrected chi connectivity index (χ2v) is 9.63. The lowest BCUT2D eigenvalue weighted by atomic mass is 10.1. The average molecular weight is 436 g/mol. The second kappa shape index (κ2) is 9.71. The van der Waals surface area contributed by atoms with E-state index in [2.05, 4.69) is 10.2 Å². The van der Waals surface area contributed by atoms with Crippen LogP contribution in [0.4, 0.5) is 0 Å². The van der Waals surface area contributed by atoms with Gasteiger partial charge in [-0.15, -0.1) is 0 Å². The van der Waals surface area contributed by atoms with Gasteiger partial charge in [-0.05, 0) is 48.9 Å². The number of nitrogens with one attached hydrogen (secondary N) is 1. The predicted molar refractivity (Wildman–Crippen MR) is 114 cm³/mol. The van der Waals surface area contributed by atoms with Gasteiger partial charge in [0.2, 0.25) is 15.9 Å². The van der Waals surface area contributed by atoms with Crippen molar-refractivity contribution in [3.63, 3.8) is 0 Å². The lowest BCUT2D eigenvalue weighted by molar-refractivity contribution is -0.121. The monoisotopic (exact) mass is 435 g/mol. The highest BCUT2D eigenvalue weighted by Gasteiger charge is 2.27. The summed E-state index contributed by atoms with van der Waals surface area (Å²) in [5.41, 5.74) is 1.92. The van der Waals surface area contributed by atoms with Crippen LogP contribution in [0.5, 0.6) is 0 Å². The molecule has 0 aliphatic carbocycles. The van der Waals surface area contributed by atoms with Crippen LogP contribution >= 0.6 is 11.6 Å². The highest BCUT2D eigenvalue weighted by molar-refractivity contribution is 7.89. The van der Waals surface area contributed by atoms with E-state index < -0.39 is 10.0 Å². The molecule has 6 nitrogen and oxygen atoms in total. The van der Waals surface area contributed by atoms with E-state index >= 15 is 0 Å². The molecule has 0 bridgehead atoms. The topological polar surface area (TPSA) is 69.7 Å². The van der Waals surface area contributed by atoms with Gasteiger partial charge >= 0.3 is 0 Å². The number of amides is 1. The zero-order chi connectivity index (χ0) is 20.9. The second-order valence-electron chi connectivity index (χ2n) is 7.25. The van der Waals surface area contributed by atoms with Gasteiger partial charge in [0.05, 0.1) is 4.90 Å². The number of carbonyl (C=O) groups is 1. The zero-order valence-electron chi connectivity index (χ0n) is 16.5. The Labute approximate surface area is 177 Å². The Morgan fingerprint density at radius 3 is 2.17 bits per heavy atom. The Hall–Kier alpha value is -1.93. The maximum atomic E-state index is 12.7. The summed E-state index contributed by atoms with van der Waals surface area (Å²) in [6.45, 7) is 2.85. The standard InChI is InChI=1S/C21H26ClN3O3S/c1-24-12-14-25(15-13-24)29(27,28)20-9-4-18(5-10-20)16-23-21(26)11-6-17-2-7-19(22)8-3-17/h2-5,7-10H,6,11-16H2,1H3,(H,23,26). The fourth-order valence-electron chi connectivity index (χ4n) is 3.15. The largest absolute Gasteiger partial charge is 0.352 e. The minimum Gasteiger partial charge on any atom is -0.352 e. The molecule has 3 rings (SSSR count). The first-order valence-electron chi connectivity index (χ1n) is 9.63. The number of benzene rings is 2. The van der Waals surface area contributed by atoms with Crippen LogP contribution in [0.3, 0.4) is 0 Å². The average Bonchev–Trinajstić information content (AvgIpc) is 2.72. The number of likely N-dealkylation sites (N-methyl/N-ethyl adjacent to an activating group) is 1. The molecule has 1 aliphatic heterocycles. The van der Waals surface area contributed by atoms with Crippen molar-refractivity contribution in [1.29, 1.82) is 0 Å². The zero-order valence-corrected chi connectivity index (χ0v) is 18.0. The van der Waals surface area contributed by atoms with Gasteiger partial charge in [-0.25, -0.2) is 8.42 Å². The molecule has 0 aromatic heterocycles. The number of carbonyl (C=O) groups excluding carboxylic acids is 1. The van der Waals surface area contributed by atoms with Gasteiger partial charge in [0.1, 0.15) is 0 Å². The summed E-state index contributed by atoms with van der Waals surface area (Å²) >= 11 is 5.86. The van der Waals surface area contributed by atoms with Crippen LogP contribution in [0.15, 0.2) is 53.4 Å². The van der Waals surface area contributed by atoms with Gasteiger partial charge in [-0.2, -0.15) is 4.31 Å². The predicted octanol–water partition coefficient (Wildman–Crippen LogP) is 2.53. The van der Waals surface area contributed by atoms with Crippen molar-refractivity contribution in [2.75, 3.05) is 33.2 Å².